The molecule has 2 fully saturated rings. The molecule has 1 aromatic carbocycles. The van der Waals surface area contributed by atoms with E-state index in [9.17, 15) is 36.6 Å². The van der Waals surface area contributed by atoms with Crippen LogP contribution in [0.15, 0.2) is 30.5 Å². The molecule has 2 aliphatic rings. The standard InChI is InChI=1S/C25H28F6N6O2/c1-22(2,38)14-6-8-36(9-7-14)19-18-13-32-37(17-5-3-4-15(10-17)24(26,27)28)20(18)35-21(34-19)33-16-11-23(39,12-16)25(29,30)31/h3-5,10,13-14,16,38-39H,6-9,11-12H2,1-2H3,(H,33,34,35). The molecule has 3 heterocycles. The van der Waals surface area contributed by atoms with Gasteiger partial charge >= 0.3 is 12.4 Å². The van der Waals surface area contributed by atoms with Gasteiger partial charge < -0.3 is 20.4 Å². The second kappa shape index (κ2) is 9.22. The summed E-state index contributed by atoms with van der Waals surface area (Å²) in [6.07, 6.45) is -7.76. The molecule has 1 aliphatic carbocycles. The number of aliphatic hydroxyl groups is 2. The van der Waals surface area contributed by atoms with E-state index in [0.29, 0.717) is 37.1 Å². The summed E-state index contributed by atoms with van der Waals surface area (Å²) in [6, 6.07) is 3.81. The normalized spacial score (nSPS) is 23.2. The number of alkyl halides is 6. The van der Waals surface area contributed by atoms with Crippen molar-refractivity contribution in [3.8, 4) is 5.69 Å². The largest absolute Gasteiger partial charge is 0.417 e. The Balaban J connectivity index is 1.51. The second-order valence-electron chi connectivity index (χ2n) is 10.9. The molecule has 0 unspecified atom stereocenters. The topological polar surface area (TPSA) is 99.3 Å². The first kappa shape index (κ1) is 27.4. The van der Waals surface area contributed by atoms with Crippen molar-refractivity contribution in [1.82, 2.24) is 19.7 Å². The number of benzene rings is 1. The number of rotatable bonds is 5. The molecule has 212 valence electrons. The Labute approximate surface area is 219 Å². The molecule has 2 aromatic heterocycles. The molecule has 0 atom stereocenters. The maximum atomic E-state index is 13.4. The first-order chi connectivity index (χ1) is 18.0. The second-order valence-corrected chi connectivity index (χ2v) is 10.9. The van der Waals surface area contributed by atoms with Crippen molar-refractivity contribution in [2.75, 3.05) is 23.3 Å². The van der Waals surface area contributed by atoms with Crippen molar-refractivity contribution in [1.29, 1.82) is 0 Å². The van der Waals surface area contributed by atoms with Crippen LogP contribution in [0.5, 0.6) is 0 Å². The van der Waals surface area contributed by atoms with E-state index in [1.165, 1.54) is 23.0 Å². The first-order valence-electron chi connectivity index (χ1n) is 12.5. The van der Waals surface area contributed by atoms with E-state index in [1.54, 1.807) is 13.8 Å². The number of anilines is 2. The Morgan fingerprint density at radius 2 is 1.69 bits per heavy atom. The predicted molar refractivity (Wildman–Crippen MR) is 131 cm³/mol. The molecule has 3 aromatic rings. The SMILES string of the molecule is CC(C)(O)C1CCN(c2nc(NC3CC(O)(C(F)(F)F)C3)nc3c2cnn3-c2cccc(C(F)(F)F)c2)CC1. The fourth-order valence-corrected chi connectivity index (χ4v) is 5.27. The minimum absolute atomic E-state index is 0.0231. The molecule has 1 saturated carbocycles. The molecule has 1 saturated heterocycles. The lowest BCUT2D eigenvalue weighted by Crippen LogP contribution is -2.59. The highest BCUT2D eigenvalue weighted by atomic mass is 19.4. The Hall–Kier alpha value is -3.13. The Kier molecular flexibility index (Phi) is 6.49. The number of nitrogens with zero attached hydrogens (tertiary/aromatic N) is 5. The molecule has 8 nitrogen and oxygen atoms in total. The van der Waals surface area contributed by atoms with Gasteiger partial charge in [-0.25, -0.2) is 4.68 Å². The number of hydrogen-bond donors (Lipinski definition) is 3. The van der Waals surface area contributed by atoms with Gasteiger partial charge in [0.15, 0.2) is 11.2 Å². The minimum Gasteiger partial charge on any atom is -0.390 e. The maximum absolute atomic E-state index is 13.4. The number of piperidine rings is 1. The third-order valence-electron chi connectivity index (χ3n) is 7.65. The molecule has 0 radical (unpaired) electrons. The summed E-state index contributed by atoms with van der Waals surface area (Å²) in [6.45, 7) is 4.54. The van der Waals surface area contributed by atoms with Crippen LogP contribution in [0.2, 0.25) is 0 Å². The number of halogens is 6. The highest BCUT2D eigenvalue weighted by Gasteiger charge is 2.61. The lowest BCUT2D eigenvalue weighted by atomic mass is 9.75. The highest BCUT2D eigenvalue weighted by molar-refractivity contribution is 5.89. The van der Waals surface area contributed by atoms with Gasteiger partial charge in [0, 0.05) is 32.0 Å². The summed E-state index contributed by atoms with van der Waals surface area (Å²) >= 11 is 0. The van der Waals surface area contributed by atoms with Gasteiger partial charge in [-0.2, -0.15) is 41.4 Å². The summed E-state index contributed by atoms with van der Waals surface area (Å²) in [4.78, 5) is 10.9. The summed E-state index contributed by atoms with van der Waals surface area (Å²) in [5, 5.41) is 27.8. The van der Waals surface area contributed by atoms with E-state index >= 15 is 0 Å². The Bertz CT molecular complexity index is 1350. The zero-order valence-corrected chi connectivity index (χ0v) is 21.2. The summed E-state index contributed by atoms with van der Waals surface area (Å²) in [5.74, 6) is 0.455. The number of hydrogen-bond acceptors (Lipinski definition) is 7. The first-order valence-corrected chi connectivity index (χ1v) is 12.5. The van der Waals surface area contributed by atoms with Crippen molar-refractivity contribution in [3.05, 3.63) is 36.0 Å². The van der Waals surface area contributed by atoms with Gasteiger partial charge in [-0.1, -0.05) is 6.07 Å². The van der Waals surface area contributed by atoms with Crippen molar-refractivity contribution >= 4 is 22.8 Å². The van der Waals surface area contributed by atoms with E-state index in [2.05, 4.69) is 20.4 Å². The molecule has 5 rings (SSSR count). The van der Waals surface area contributed by atoms with Crippen LogP contribution in [0.3, 0.4) is 0 Å². The molecule has 0 bridgehead atoms. The van der Waals surface area contributed by atoms with Crippen molar-refractivity contribution in [2.24, 2.45) is 5.92 Å². The molecule has 14 heteroatoms. The van der Waals surface area contributed by atoms with Crippen molar-refractivity contribution < 1.29 is 36.6 Å². The van der Waals surface area contributed by atoms with Gasteiger partial charge in [-0.3, -0.25) is 0 Å². The molecular weight excluding hydrogens is 530 g/mol. The lowest BCUT2D eigenvalue weighted by molar-refractivity contribution is -0.288. The van der Waals surface area contributed by atoms with Crippen LogP contribution < -0.4 is 10.2 Å². The number of nitrogens with one attached hydrogen (secondary N) is 1. The third kappa shape index (κ3) is 5.23. The molecule has 1 aliphatic heterocycles. The van der Waals surface area contributed by atoms with Crippen LogP contribution in [-0.2, 0) is 6.18 Å². The van der Waals surface area contributed by atoms with E-state index in [-0.39, 0.29) is 23.2 Å². The Morgan fingerprint density at radius 1 is 1.03 bits per heavy atom. The van der Waals surface area contributed by atoms with Gasteiger partial charge in [0.2, 0.25) is 5.95 Å². The molecule has 39 heavy (non-hydrogen) atoms. The molecular formula is C25H28F6N6O2. The average Bonchev–Trinajstić information content (AvgIpc) is 3.25. The van der Waals surface area contributed by atoms with E-state index in [4.69, 9.17) is 0 Å². The van der Waals surface area contributed by atoms with E-state index < -0.39 is 48.0 Å². The third-order valence-corrected chi connectivity index (χ3v) is 7.65. The summed E-state index contributed by atoms with van der Waals surface area (Å²) in [7, 11) is 0. The van der Waals surface area contributed by atoms with Gasteiger partial charge in [-0.05, 0) is 50.8 Å². The lowest BCUT2D eigenvalue weighted by Gasteiger charge is -2.44. The van der Waals surface area contributed by atoms with Gasteiger partial charge in [-0.15, -0.1) is 0 Å². The number of fused-ring (bicyclic) bond motifs is 1. The average molecular weight is 559 g/mol. The van der Waals surface area contributed by atoms with E-state index in [0.717, 1.165) is 12.1 Å². The zero-order valence-electron chi connectivity index (χ0n) is 21.2. The highest BCUT2D eigenvalue weighted by Crippen LogP contribution is 2.46. The fraction of sp³-hybridized carbons (Fsp3) is 0.560. The van der Waals surface area contributed by atoms with Crippen LogP contribution in [-0.4, -0.2) is 66.5 Å². The fourth-order valence-electron chi connectivity index (χ4n) is 5.27. The van der Waals surface area contributed by atoms with Gasteiger partial charge in [0.1, 0.15) is 5.82 Å². The summed E-state index contributed by atoms with van der Waals surface area (Å²) < 4.78 is 80.7. The Morgan fingerprint density at radius 3 is 2.28 bits per heavy atom. The van der Waals surface area contributed by atoms with Gasteiger partial charge in [0.05, 0.1) is 28.4 Å². The van der Waals surface area contributed by atoms with Crippen molar-refractivity contribution in [3.63, 3.8) is 0 Å². The molecule has 0 amide bonds. The van der Waals surface area contributed by atoms with Crippen LogP contribution in [0, 0.1) is 5.92 Å². The zero-order chi connectivity index (χ0) is 28.4. The smallest absolute Gasteiger partial charge is 0.390 e. The monoisotopic (exact) mass is 558 g/mol. The van der Waals surface area contributed by atoms with Crippen LogP contribution in [0.1, 0.15) is 45.1 Å². The van der Waals surface area contributed by atoms with E-state index in [1.807, 2.05) is 4.90 Å². The van der Waals surface area contributed by atoms with Crippen molar-refractivity contribution in [2.45, 2.75) is 69.1 Å². The minimum atomic E-state index is -4.77. The van der Waals surface area contributed by atoms with Crippen LogP contribution >= 0.6 is 0 Å². The molecule has 3 N–H and O–H groups in total. The quantitative estimate of drug-likeness (QED) is 0.391. The predicted octanol–water partition coefficient (Wildman–Crippen LogP) is 4.69. The van der Waals surface area contributed by atoms with Crippen LogP contribution in [0.25, 0.3) is 16.7 Å². The summed E-state index contributed by atoms with van der Waals surface area (Å²) in [5.41, 5.74) is -4.25. The maximum Gasteiger partial charge on any atom is 0.417 e. The molecule has 0 spiro atoms. The van der Waals surface area contributed by atoms with Gasteiger partial charge in [0.25, 0.3) is 0 Å². The van der Waals surface area contributed by atoms with Crippen LogP contribution in [0.4, 0.5) is 38.1 Å². The number of aromatic nitrogens is 4.